The number of alkyl carbamates (subject to hydrolysis) is 1. The summed E-state index contributed by atoms with van der Waals surface area (Å²) >= 11 is 1.33. The monoisotopic (exact) mass is 742 g/mol. The fourth-order valence-electron chi connectivity index (χ4n) is 5.44. The second-order valence-electron chi connectivity index (χ2n) is 13.6. The predicted molar refractivity (Wildman–Crippen MR) is 193 cm³/mol. The van der Waals surface area contributed by atoms with Gasteiger partial charge >= 0.3 is 12.5 Å². The van der Waals surface area contributed by atoms with Crippen LogP contribution in [0.25, 0.3) is 0 Å². The van der Waals surface area contributed by atoms with E-state index < -0.39 is 35.8 Å². The molecule has 0 saturated heterocycles. The Labute approximate surface area is 306 Å². The number of rotatable bonds is 16. The second kappa shape index (κ2) is 18.3. The molecule has 0 radical (unpaired) electrons. The number of ketones is 2. The lowest BCUT2D eigenvalue weighted by Gasteiger charge is -2.27. The van der Waals surface area contributed by atoms with Gasteiger partial charge in [0, 0.05) is 29.1 Å². The number of hydrogen-bond donors (Lipinski definition) is 1. The van der Waals surface area contributed by atoms with Crippen molar-refractivity contribution in [2.45, 2.75) is 102 Å². The van der Waals surface area contributed by atoms with E-state index in [0.29, 0.717) is 41.2 Å². The minimum Gasteiger partial charge on any atom is -0.494 e. The largest absolute Gasteiger partial charge is 0.573 e. The normalized spacial score (nSPS) is 14.6. The number of anilines is 1. The van der Waals surface area contributed by atoms with Gasteiger partial charge in [-0.05, 0) is 94.5 Å². The van der Waals surface area contributed by atoms with Gasteiger partial charge in [-0.3, -0.25) is 9.59 Å². The van der Waals surface area contributed by atoms with Crippen LogP contribution in [0.4, 0.5) is 23.7 Å². The summed E-state index contributed by atoms with van der Waals surface area (Å²) in [5.41, 5.74) is 1.52. The highest BCUT2D eigenvalue weighted by atomic mass is 32.2. The number of thioether (sulfide) groups is 1. The van der Waals surface area contributed by atoms with Crippen molar-refractivity contribution in [2.24, 2.45) is 0 Å². The molecule has 52 heavy (non-hydrogen) atoms. The van der Waals surface area contributed by atoms with Gasteiger partial charge in [0.2, 0.25) is 0 Å². The topological polar surface area (TPSA) is 111 Å². The molecule has 1 heterocycles. The molecular weight excluding hydrogens is 697 g/mol. The van der Waals surface area contributed by atoms with Crippen LogP contribution in [0.15, 0.2) is 71.6 Å². The highest BCUT2D eigenvalue weighted by Crippen LogP contribution is 2.37. The molecule has 0 aromatic heterocycles. The van der Waals surface area contributed by atoms with Gasteiger partial charge in [0.1, 0.15) is 28.9 Å². The summed E-state index contributed by atoms with van der Waals surface area (Å²) in [6.45, 7) is 7.27. The van der Waals surface area contributed by atoms with Crippen LogP contribution in [-0.4, -0.2) is 53.9 Å². The number of halogens is 3. The van der Waals surface area contributed by atoms with Gasteiger partial charge in [-0.25, -0.2) is 4.79 Å². The van der Waals surface area contributed by atoms with Crippen LogP contribution in [0, 0.1) is 0 Å². The van der Waals surface area contributed by atoms with E-state index in [4.69, 9.17) is 9.47 Å². The van der Waals surface area contributed by atoms with Crippen LogP contribution >= 0.6 is 11.8 Å². The number of aryl methyl sites for hydroxylation is 1. The molecule has 3 aromatic carbocycles. The Morgan fingerprint density at radius 1 is 0.865 bits per heavy atom. The fraction of sp³-hybridized carbons (Fsp3) is 0.436. The van der Waals surface area contributed by atoms with Crippen molar-refractivity contribution in [2.75, 3.05) is 17.3 Å². The Bertz CT molecular complexity index is 1690. The van der Waals surface area contributed by atoms with Gasteiger partial charge in [-0.2, -0.15) is 0 Å². The lowest BCUT2D eigenvalue weighted by molar-refractivity contribution is -0.274. The molecule has 2 amide bonds. The third kappa shape index (κ3) is 13.2. The maximum absolute atomic E-state index is 14.0. The van der Waals surface area contributed by atoms with Crippen LogP contribution in [0.5, 0.6) is 11.5 Å². The van der Waals surface area contributed by atoms with E-state index in [0.717, 1.165) is 49.1 Å². The van der Waals surface area contributed by atoms with Gasteiger partial charge in [-0.15, -0.1) is 24.9 Å². The predicted octanol–water partition coefficient (Wildman–Crippen LogP) is 8.85. The second-order valence-corrected chi connectivity index (χ2v) is 14.7. The van der Waals surface area contributed by atoms with Crippen molar-refractivity contribution in [3.05, 3.63) is 83.4 Å². The number of alkyl halides is 3. The van der Waals surface area contributed by atoms with E-state index >= 15 is 0 Å². The first-order valence-corrected chi connectivity index (χ1v) is 18.2. The summed E-state index contributed by atoms with van der Waals surface area (Å²) in [6, 6.07) is 16.9. The van der Waals surface area contributed by atoms with E-state index in [1.54, 1.807) is 45.9 Å². The van der Waals surface area contributed by atoms with Gasteiger partial charge in [-0.1, -0.05) is 43.2 Å². The Morgan fingerprint density at radius 3 is 2.17 bits per heavy atom. The number of carbonyl (C=O) groups excluding carboxylic acids is 4. The average molecular weight is 743 g/mol. The molecule has 0 spiro atoms. The molecule has 4 rings (SSSR count). The van der Waals surface area contributed by atoms with Gasteiger partial charge in [0.05, 0.1) is 18.8 Å². The summed E-state index contributed by atoms with van der Waals surface area (Å²) in [5, 5.41) is 2.65. The summed E-state index contributed by atoms with van der Waals surface area (Å²) in [7, 11) is 0. The van der Waals surface area contributed by atoms with E-state index in [2.05, 4.69) is 10.1 Å². The smallest absolute Gasteiger partial charge is 0.494 e. The number of fused-ring (bicyclic) bond motifs is 1. The summed E-state index contributed by atoms with van der Waals surface area (Å²) < 4.78 is 53.4. The van der Waals surface area contributed by atoms with Crippen LogP contribution in [0.2, 0.25) is 0 Å². The SMILES string of the molecule is CC(=O)CCCCCCOc1ccc(CCC(=O)c2ccc3c(c2)N(Cc2ccc(OC(F)(F)F)cc2)C(=O)[C@@H](NC(=O)OC(C)(C)C)CS3)cc1. The fourth-order valence-corrected chi connectivity index (χ4v) is 6.50. The van der Waals surface area contributed by atoms with Gasteiger partial charge in [0.25, 0.3) is 5.91 Å². The molecule has 0 unspecified atom stereocenters. The summed E-state index contributed by atoms with van der Waals surface area (Å²) in [6.07, 6.45) is -0.497. The highest BCUT2D eigenvalue weighted by Gasteiger charge is 2.34. The number of amides is 2. The van der Waals surface area contributed by atoms with Crippen LogP contribution < -0.4 is 19.7 Å². The third-order valence-corrected chi connectivity index (χ3v) is 9.14. The van der Waals surface area contributed by atoms with Gasteiger partial charge < -0.3 is 29.2 Å². The standard InChI is InChI=1S/C39H45F3N2O7S/c1-26(45)9-7-5-6-8-22-49-30-16-10-27(11-17-30)14-20-34(46)29-15-21-35-33(23-29)44(24-28-12-18-31(19-13-28)50-39(40,41)42)36(47)32(25-52-35)43-37(48)51-38(2,3)4/h10-13,15-19,21,23,32H,5-9,14,20,22,24-25H2,1-4H3,(H,43,48)/t32-/m0/s1. The number of carbonyl (C=O) groups is 4. The first-order valence-electron chi connectivity index (χ1n) is 17.2. The first-order chi connectivity index (χ1) is 24.6. The van der Waals surface area contributed by atoms with E-state index in [9.17, 15) is 32.3 Å². The quantitative estimate of drug-likeness (QED) is 0.115. The van der Waals surface area contributed by atoms with Crippen molar-refractivity contribution < 1.29 is 46.6 Å². The number of benzene rings is 3. The molecular formula is C39H45F3N2O7S. The highest BCUT2D eigenvalue weighted by molar-refractivity contribution is 7.99. The Balaban J connectivity index is 1.44. The molecule has 9 nitrogen and oxygen atoms in total. The summed E-state index contributed by atoms with van der Waals surface area (Å²) in [4.78, 5) is 53.3. The number of ether oxygens (including phenoxy) is 3. The van der Waals surface area contributed by atoms with Crippen LogP contribution in [0.1, 0.15) is 87.7 Å². The third-order valence-electron chi connectivity index (χ3n) is 7.99. The van der Waals surface area contributed by atoms with E-state index in [1.165, 1.54) is 28.8 Å². The number of nitrogens with one attached hydrogen (secondary N) is 1. The molecule has 0 aliphatic carbocycles. The zero-order valence-electron chi connectivity index (χ0n) is 29.8. The van der Waals surface area contributed by atoms with Crippen molar-refractivity contribution in [1.82, 2.24) is 5.32 Å². The van der Waals surface area contributed by atoms with Gasteiger partial charge in [0.15, 0.2) is 5.78 Å². The average Bonchev–Trinajstić information content (AvgIpc) is 3.18. The van der Waals surface area contributed by atoms with Crippen molar-refractivity contribution >= 4 is 41.0 Å². The number of hydrogen-bond acceptors (Lipinski definition) is 8. The lowest BCUT2D eigenvalue weighted by Crippen LogP contribution is -2.50. The number of nitrogens with zero attached hydrogens (tertiary/aromatic N) is 1. The van der Waals surface area contributed by atoms with E-state index in [1.807, 2.05) is 24.3 Å². The molecule has 1 N–H and O–H groups in total. The Kier molecular flexibility index (Phi) is 14.2. The minimum atomic E-state index is -4.85. The molecule has 0 fully saturated rings. The Morgan fingerprint density at radius 2 is 1.52 bits per heavy atom. The maximum Gasteiger partial charge on any atom is 0.573 e. The zero-order chi connectivity index (χ0) is 37.9. The molecule has 0 bridgehead atoms. The lowest BCUT2D eigenvalue weighted by atomic mass is 10.0. The molecule has 1 aliphatic rings. The maximum atomic E-state index is 14.0. The zero-order valence-corrected chi connectivity index (χ0v) is 30.7. The van der Waals surface area contributed by atoms with Crippen molar-refractivity contribution in [3.8, 4) is 11.5 Å². The molecule has 280 valence electrons. The Hall–Kier alpha value is -4.52. The minimum absolute atomic E-state index is 0.0445. The number of Topliss-reactive ketones (excluding diaryl/α,β-unsaturated/α-hetero) is 2. The molecule has 3 aromatic rings. The number of unbranched alkanes of at least 4 members (excludes halogenated alkanes) is 3. The van der Waals surface area contributed by atoms with Crippen LogP contribution in [0.3, 0.4) is 0 Å². The molecule has 1 atom stereocenters. The van der Waals surface area contributed by atoms with Crippen LogP contribution in [-0.2, 0) is 27.3 Å². The van der Waals surface area contributed by atoms with Crippen molar-refractivity contribution in [3.63, 3.8) is 0 Å². The van der Waals surface area contributed by atoms with E-state index in [-0.39, 0.29) is 30.3 Å². The molecule has 0 saturated carbocycles. The first kappa shape index (κ1) is 40.3. The summed E-state index contributed by atoms with van der Waals surface area (Å²) in [5.74, 6) is 0.149. The molecule has 1 aliphatic heterocycles. The molecule has 13 heteroatoms. The van der Waals surface area contributed by atoms with Crippen molar-refractivity contribution in [1.29, 1.82) is 0 Å².